The van der Waals surface area contributed by atoms with Crippen LogP contribution in [0.2, 0.25) is 0 Å². The number of rotatable bonds is 12. The van der Waals surface area contributed by atoms with Gasteiger partial charge in [-0.3, -0.25) is 0 Å². The zero-order valence-corrected chi connectivity index (χ0v) is 18.1. The number of hydrogen-bond donors (Lipinski definition) is 1. The van der Waals surface area contributed by atoms with E-state index in [9.17, 15) is 0 Å². The number of anilines is 1. The van der Waals surface area contributed by atoms with Crippen LogP contribution in [0.15, 0.2) is 18.2 Å². The van der Waals surface area contributed by atoms with Crippen molar-refractivity contribution in [2.24, 2.45) is 0 Å². The van der Waals surface area contributed by atoms with Crippen molar-refractivity contribution < 1.29 is 0 Å². The quantitative estimate of drug-likeness (QED) is 0.329. The summed E-state index contributed by atoms with van der Waals surface area (Å²) in [5.41, 5.74) is 2.65. The minimum absolute atomic E-state index is 1.01. The minimum atomic E-state index is 1.01. The molecule has 0 radical (unpaired) electrons. The molecule has 1 N–H and O–H groups in total. The first-order chi connectivity index (χ1) is 13.3. The molecule has 0 atom stereocenters. The summed E-state index contributed by atoms with van der Waals surface area (Å²) in [5, 5.41) is 10.0. The van der Waals surface area contributed by atoms with Gasteiger partial charge >= 0.3 is 0 Å². The highest BCUT2D eigenvalue weighted by molar-refractivity contribution is 7.26. The molecule has 27 heavy (non-hydrogen) atoms. The van der Waals surface area contributed by atoms with E-state index in [0.717, 1.165) is 13.1 Å². The zero-order valence-electron chi connectivity index (χ0n) is 17.3. The highest BCUT2D eigenvalue weighted by atomic mass is 32.1. The van der Waals surface area contributed by atoms with E-state index >= 15 is 0 Å². The topological polar surface area (TPSA) is 29.9 Å². The third-order valence-electron chi connectivity index (χ3n) is 5.29. The summed E-state index contributed by atoms with van der Waals surface area (Å²) in [7, 11) is 0. The van der Waals surface area contributed by atoms with Crippen LogP contribution in [0.4, 0.5) is 5.82 Å². The molecule has 0 aliphatic heterocycles. The lowest BCUT2D eigenvalue weighted by molar-refractivity contribution is 0.561. The molecular formula is C23H35N3S. The summed E-state index contributed by atoms with van der Waals surface area (Å²) in [6, 6.07) is 7.01. The fourth-order valence-electron chi connectivity index (χ4n) is 3.64. The number of thiophene rings is 1. The maximum atomic E-state index is 5.02. The number of hydrogen-bond acceptors (Lipinski definition) is 3. The van der Waals surface area contributed by atoms with Gasteiger partial charge in [-0.05, 0) is 37.3 Å². The summed E-state index contributed by atoms with van der Waals surface area (Å²) in [6.07, 6.45) is 11.2. The van der Waals surface area contributed by atoms with Gasteiger partial charge in [0, 0.05) is 23.2 Å². The van der Waals surface area contributed by atoms with Gasteiger partial charge in [-0.25, -0.2) is 4.68 Å². The molecule has 0 bridgehead atoms. The van der Waals surface area contributed by atoms with Crippen LogP contribution in [0.5, 0.6) is 0 Å². The van der Waals surface area contributed by atoms with Crippen molar-refractivity contribution in [3.63, 3.8) is 0 Å². The van der Waals surface area contributed by atoms with Crippen LogP contribution < -0.4 is 5.32 Å². The van der Waals surface area contributed by atoms with Crippen molar-refractivity contribution in [2.75, 3.05) is 11.9 Å². The van der Waals surface area contributed by atoms with Gasteiger partial charge in [0.2, 0.25) is 0 Å². The second-order valence-corrected chi connectivity index (χ2v) is 8.68. The van der Waals surface area contributed by atoms with Crippen molar-refractivity contribution in [1.29, 1.82) is 0 Å². The Labute approximate surface area is 168 Å². The lowest BCUT2D eigenvalue weighted by Gasteiger charge is -2.09. The Kier molecular flexibility index (Phi) is 7.57. The molecule has 0 saturated carbocycles. The summed E-state index contributed by atoms with van der Waals surface area (Å²) < 4.78 is 4.95. The van der Waals surface area contributed by atoms with Crippen LogP contribution in [-0.4, -0.2) is 16.3 Å². The maximum absolute atomic E-state index is 5.02. The summed E-state index contributed by atoms with van der Waals surface area (Å²) in [4.78, 5) is 0. The predicted molar refractivity (Wildman–Crippen MR) is 121 cm³/mol. The molecule has 2 heterocycles. The number of aromatic nitrogens is 2. The Bertz CT molecular complexity index is 846. The Morgan fingerprint density at radius 1 is 0.963 bits per heavy atom. The van der Waals surface area contributed by atoms with E-state index in [1.807, 2.05) is 11.3 Å². The first-order valence-electron chi connectivity index (χ1n) is 10.9. The first kappa shape index (κ1) is 20.2. The number of aryl methyl sites for hydroxylation is 2. The molecule has 3 aromatic rings. The average Bonchev–Trinajstić information content (AvgIpc) is 3.18. The van der Waals surface area contributed by atoms with E-state index in [1.165, 1.54) is 89.5 Å². The van der Waals surface area contributed by atoms with Gasteiger partial charge < -0.3 is 5.32 Å². The maximum Gasteiger partial charge on any atom is 0.142 e. The van der Waals surface area contributed by atoms with Gasteiger partial charge in [0.05, 0.1) is 4.70 Å². The number of nitrogens with one attached hydrogen (secondary N) is 1. The molecule has 148 valence electrons. The third kappa shape index (κ3) is 4.84. The Balaban J connectivity index is 1.90. The monoisotopic (exact) mass is 385 g/mol. The molecule has 1 aromatic carbocycles. The summed E-state index contributed by atoms with van der Waals surface area (Å²) >= 11 is 1.91. The highest BCUT2D eigenvalue weighted by Crippen LogP contribution is 2.38. The number of nitrogens with zero attached hydrogens (tertiary/aromatic N) is 2. The molecule has 0 spiro atoms. The van der Waals surface area contributed by atoms with Gasteiger partial charge in [-0.2, -0.15) is 5.10 Å². The standard InChI is InChI=1S/C23H35N3S/c1-4-7-10-12-18-13-14-19-20(17-18)27-22-21(19)25-26(16-11-8-5-2)23(22)24-15-9-6-3/h13-14,17,24H,4-12,15-16H2,1-3H3. The zero-order chi connectivity index (χ0) is 19.1. The molecule has 3 nitrogen and oxygen atoms in total. The Morgan fingerprint density at radius 2 is 1.74 bits per heavy atom. The molecule has 0 saturated heterocycles. The SMILES string of the molecule is CCCCCc1ccc2c(c1)sc1c(NCCCC)n(CCCCC)nc12. The molecule has 0 fully saturated rings. The van der Waals surface area contributed by atoms with Gasteiger partial charge in [0.1, 0.15) is 11.3 Å². The third-order valence-corrected chi connectivity index (χ3v) is 6.44. The second kappa shape index (κ2) is 10.1. The van der Waals surface area contributed by atoms with E-state index in [-0.39, 0.29) is 0 Å². The lowest BCUT2D eigenvalue weighted by Crippen LogP contribution is -2.09. The number of fused-ring (bicyclic) bond motifs is 3. The number of unbranched alkanes of at least 4 members (excludes halogenated alkanes) is 5. The summed E-state index contributed by atoms with van der Waals surface area (Å²) in [5.74, 6) is 1.24. The molecule has 0 unspecified atom stereocenters. The lowest BCUT2D eigenvalue weighted by atomic mass is 10.1. The van der Waals surface area contributed by atoms with Gasteiger partial charge in [-0.15, -0.1) is 11.3 Å². The second-order valence-electron chi connectivity index (χ2n) is 7.63. The van der Waals surface area contributed by atoms with Gasteiger partial charge in [0.25, 0.3) is 0 Å². The molecular weight excluding hydrogens is 350 g/mol. The van der Waals surface area contributed by atoms with E-state index < -0.39 is 0 Å². The average molecular weight is 386 g/mol. The predicted octanol–water partition coefficient (Wildman–Crippen LogP) is 7.39. The molecule has 0 aliphatic rings. The van der Waals surface area contributed by atoms with Crippen molar-refractivity contribution in [3.8, 4) is 0 Å². The van der Waals surface area contributed by atoms with E-state index in [4.69, 9.17) is 5.10 Å². The van der Waals surface area contributed by atoms with E-state index in [1.54, 1.807) is 0 Å². The van der Waals surface area contributed by atoms with Gasteiger partial charge in [0.15, 0.2) is 0 Å². The van der Waals surface area contributed by atoms with Crippen LogP contribution >= 0.6 is 11.3 Å². The smallest absolute Gasteiger partial charge is 0.142 e. The molecule has 4 heteroatoms. The fraction of sp³-hybridized carbons (Fsp3) is 0.609. The molecule has 0 aliphatic carbocycles. The van der Waals surface area contributed by atoms with Crippen LogP contribution in [0.25, 0.3) is 20.3 Å². The van der Waals surface area contributed by atoms with E-state index in [2.05, 4.69) is 49.0 Å². The van der Waals surface area contributed by atoms with Crippen LogP contribution in [0.3, 0.4) is 0 Å². The number of benzene rings is 1. The fourth-order valence-corrected chi connectivity index (χ4v) is 4.86. The molecule has 2 aromatic heterocycles. The van der Waals surface area contributed by atoms with Crippen LogP contribution in [0, 0.1) is 0 Å². The van der Waals surface area contributed by atoms with Crippen LogP contribution in [-0.2, 0) is 13.0 Å². The van der Waals surface area contributed by atoms with Crippen molar-refractivity contribution in [2.45, 2.75) is 85.1 Å². The summed E-state index contributed by atoms with van der Waals surface area (Å²) in [6.45, 7) is 8.81. The Morgan fingerprint density at radius 3 is 2.52 bits per heavy atom. The van der Waals surface area contributed by atoms with Crippen molar-refractivity contribution in [3.05, 3.63) is 23.8 Å². The Hall–Kier alpha value is -1.55. The first-order valence-corrected chi connectivity index (χ1v) is 11.8. The van der Waals surface area contributed by atoms with Crippen molar-refractivity contribution >= 4 is 37.5 Å². The highest BCUT2D eigenvalue weighted by Gasteiger charge is 2.16. The molecule has 3 rings (SSSR count). The van der Waals surface area contributed by atoms with Crippen LogP contribution in [0.1, 0.15) is 77.7 Å². The normalized spacial score (nSPS) is 11.7. The van der Waals surface area contributed by atoms with Gasteiger partial charge in [-0.1, -0.05) is 65.0 Å². The molecule has 0 amide bonds. The van der Waals surface area contributed by atoms with Crippen molar-refractivity contribution in [1.82, 2.24) is 9.78 Å². The van der Waals surface area contributed by atoms with E-state index in [0.29, 0.717) is 0 Å². The largest absolute Gasteiger partial charge is 0.369 e. The minimum Gasteiger partial charge on any atom is -0.369 e.